The monoisotopic (exact) mass is 138 g/mol. The van der Waals surface area contributed by atoms with E-state index in [2.05, 4.69) is 0 Å². The molecule has 4 heteroatoms. The van der Waals surface area contributed by atoms with Crippen molar-refractivity contribution in [1.29, 1.82) is 0 Å². The van der Waals surface area contributed by atoms with Gasteiger partial charge in [0.15, 0.2) is 5.78 Å². The van der Waals surface area contributed by atoms with Gasteiger partial charge in [0, 0.05) is 6.08 Å². The molecule has 0 unspecified atom stereocenters. The van der Waals surface area contributed by atoms with E-state index in [0.717, 1.165) is 6.92 Å². The maximum atomic E-state index is 11.2. The number of ketones is 1. The Bertz CT molecular complexity index is 134. The molecule has 0 saturated heterocycles. The summed E-state index contributed by atoms with van der Waals surface area (Å²) < 4.78 is 33.5. The van der Waals surface area contributed by atoms with Crippen LogP contribution in [-0.4, -0.2) is 12.0 Å². The Labute approximate surface area is 50.2 Å². The molecule has 0 spiro atoms. The number of hydrogen-bond acceptors (Lipinski definition) is 1. The van der Waals surface area contributed by atoms with Crippen LogP contribution in [0, 0.1) is 0 Å². The summed E-state index contributed by atoms with van der Waals surface area (Å²) in [7, 11) is 0. The van der Waals surface area contributed by atoms with Gasteiger partial charge in [0.05, 0.1) is 0 Å². The minimum absolute atomic E-state index is 0.0880. The number of carbonyl (C=O) groups excluding carboxylic acids is 1. The zero-order chi connectivity index (χ0) is 7.49. The lowest BCUT2D eigenvalue weighted by Gasteiger charge is -1.94. The van der Waals surface area contributed by atoms with Gasteiger partial charge in [-0.15, -0.1) is 0 Å². The van der Waals surface area contributed by atoms with Crippen LogP contribution in [0.1, 0.15) is 6.92 Å². The van der Waals surface area contributed by atoms with Crippen molar-refractivity contribution in [3.63, 3.8) is 0 Å². The van der Waals surface area contributed by atoms with Crippen molar-refractivity contribution in [1.82, 2.24) is 0 Å². The predicted molar refractivity (Wildman–Crippen MR) is 25.9 cm³/mol. The molecule has 0 aromatic heterocycles. The SMILES string of the molecule is CC(=O)/C=C\C(F)(F)F. The van der Waals surface area contributed by atoms with Crippen LogP contribution >= 0.6 is 0 Å². The van der Waals surface area contributed by atoms with E-state index in [-0.39, 0.29) is 6.08 Å². The number of hydrogen-bond donors (Lipinski definition) is 0. The Morgan fingerprint density at radius 3 is 2.00 bits per heavy atom. The highest BCUT2D eigenvalue weighted by molar-refractivity contribution is 5.87. The van der Waals surface area contributed by atoms with Crippen molar-refractivity contribution < 1.29 is 18.0 Å². The highest BCUT2D eigenvalue weighted by atomic mass is 19.4. The Kier molecular flexibility index (Phi) is 2.42. The molecule has 0 fully saturated rings. The fourth-order valence-electron chi connectivity index (χ4n) is 0.212. The third-order valence-corrected chi connectivity index (χ3v) is 0.507. The van der Waals surface area contributed by atoms with E-state index in [4.69, 9.17) is 0 Å². The first-order valence-electron chi connectivity index (χ1n) is 2.18. The number of alkyl halides is 3. The highest BCUT2D eigenvalue weighted by Crippen LogP contribution is 2.15. The summed E-state index contributed by atoms with van der Waals surface area (Å²) in [6.45, 7) is 1.06. The van der Waals surface area contributed by atoms with E-state index < -0.39 is 12.0 Å². The van der Waals surface area contributed by atoms with Crippen LogP contribution < -0.4 is 0 Å². The van der Waals surface area contributed by atoms with Gasteiger partial charge in [0.1, 0.15) is 0 Å². The molecule has 52 valence electrons. The van der Waals surface area contributed by atoms with Gasteiger partial charge in [-0.1, -0.05) is 0 Å². The van der Waals surface area contributed by atoms with Crippen molar-refractivity contribution in [3.05, 3.63) is 12.2 Å². The van der Waals surface area contributed by atoms with Gasteiger partial charge in [0.25, 0.3) is 0 Å². The lowest BCUT2D eigenvalue weighted by molar-refractivity contribution is -0.113. The van der Waals surface area contributed by atoms with Crippen molar-refractivity contribution in [2.24, 2.45) is 0 Å². The standard InChI is InChI=1S/C5H5F3O/c1-4(9)2-3-5(6,7)8/h2-3H,1H3/b3-2-. The Hall–Kier alpha value is -0.800. The average Bonchev–Trinajstić information content (AvgIpc) is 1.59. The molecule has 0 aliphatic rings. The molecule has 1 nitrogen and oxygen atoms in total. The fraction of sp³-hybridized carbons (Fsp3) is 0.400. The molecule has 0 amide bonds. The van der Waals surface area contributed by atoms with E-state index in [9.17, 15) is 18.0 Å². The minimum Gasteiger partial charge on any atom is -0.295 e. The van der Waals surface area contributed by atoms with Gasteiger partial charge < -0.3 is 0 Å². The van der Waals surface area contributed by atoms with Crippen molar-refractivity contribution >= 4 is 5.78 Å². The molecule has 0 aliphatic heterocycles. The summed E-state index contributed by atoms with van der Waals surface area (Å²) in [6.07, 6.45) is -3.97. The van der Waals surface area contributed by atoms with E-state index in [1.807, 2.05) is 0 Å². The second-order valence-corrected chi connectivity index (χ2v) is 1.49. The Morgan fingerprint density at radius 2 is 1.89 bits per heavy atom. The predicted octanol–water partition coefficient (Wildman–Crippen LogP) is 1.69. The van der Waals surface area contributed by atoms with Crippen molar-refractivity contribution in [2.45, 2.75) is 13.1 Å². The van der Waals surface area contributed by atoms with Crippen molar-refractivity contribution in [3.8, 4) is 0 Å². The summed E-state index contributed by atoms with van der Waals surface area (Å²) >= 11 is 0. The van der Waals surface area contributed by atoms with Gasteiger partial charge in [-0.05, 0) is 13.0 Å². The normalized spacial score (nSPS) is 12.4. The molecule has 0 heterocycles. The van der Waals surface area contributed by atoms with Crippen LogP contribution in [0.2, 0.25) is 0 Å². The molecule has 0 N–H and O–H groups in total. The molecule has 0 rings (SSSR count). The zero-order valence-electron chi connectivity index (χ0n) is 4.70. The maximum Gasteiger partial charge on any atom is 0.409 e. The summed E-state index contributed by atoms with van der Waals surface area (Å²) in [5, 5.41) is 0. The second-order valence-electron chi connectivity index (χ2n) is 1.49. The molecule has 0 aliphatic carbocycles. The maximum absolute atomic E-state index is 11.2. The summed E-state index contributed by atoms with van der Waals surface area (Å²) in [6, 6.07) is 0. The van der Waals surface area contributed by atoms with E-state index in [1.54, 1.807) is 0 Å². The minimum atomic E-state index is -4.37. The van der Waals surface area contributed by atoms with Gasteiger partial charge in [-0.2, -0.15) is 13.2 Å². The molecule has 0 saturated carbocycles. The molecule has 9 heavy (non-hydrogen) atoms. The summed E-state index contributed by atoms with van der Waals surface area (Å²) in [5.74, 6) is -0.604. The van der Waals surface area contributed by atoms with Crippen LogP contribution in [0.3, 0.4) is 0 Å². The smallest absolute Gasteiger partial charge is 0.295 e. The number of halogens is 3. The third-order valence-electron chi connectivity index (χ3n) is 0.507. The zero-order valence-corrected chi connectivity index (χ0v) is 4.70. The first kappa shape index (κ1) is 8.20. The number of carbonyl (C=O) groups is 1. The molecule has 0 bridgehead atoms. The average molecular weight is 138 g/mol. The van der Waals surface area contributed by atoms with Crippen LogP contribution in [0.5, 0.6) is 0 Å². The van der Waals surface area contributed by atoms with Crippen LogP contribution in [0.25, 0.3) is 0 Å². The third kappa shape index (κ3) is 7.20. The Morgan fingerprint density at radius 1 is 1.44 bits per heavy atom. The van der Waals surface area contributed by atoms with E-state index >= 15 is 0 Å². The van der Waals surface area contributed by atoms with Gasteiger partial charge in [-0.25, -0.2) is 0 Å². The topological polar surface area (TPSA) is 17.1 Å². The largest absolute Gasteiger partial charge is 0.409 e. The molecule has 0 aromatic rings. The van der Waals surface area contributed by atoms with Crippen LogP contribution in [0.4, 0.5) is 13.2 Å². The van der Waals surface area contributed by atoms with Gasteiger partial charge in [0.2, 0.25) is 0 Å². The van der Waals surface area contributed by atoms with E-state index in [1.165, 1.54) is 0 Å². The van der Waals surface area contributed by atoms with Gasteiger partial charge >= 0.3 is 6.18 Å². The van der Waals surface area contributed by atoms with Gasteiger partial charge in [-0.3, -0.25) is 4.79 Å². The lowest BCUT2D eigenvalue weighted by atomic mass is 10.4. The summed E-state index contributed by atoms with van der Waals surface area (Å²) in [4.78, 5) is 9.90. The quantitative estimate of drug-likeness (QED) is 0.504. The molecule has 0 radical (unpaired) electrons. The van der Waals surface area contributed by atoms with Crippen molar-refractivity contribution in [2.75, 3.05) is 0 Å². The number of rotatable bonds is 1. The second kappa shape index (κ2) is 2.66. The first-order valence-corrected chi connectivity index (χ1v) is 2.18. The molecule has 0 atom stereocenters. The summed E-state index contributed by atoms with van der Waals surface area (Å²) in [5.41, 5.74) is 0. The fourth-order valence-corrected chi connectivity index (χ4v) is 0.212. The van der Waals surface area contributed by atoms with Crippen LogP contribution in [-0.2, 0) is 4.79 Å². The molecular formula is C5H5F3O. The number of allylic oxidation sites excluding steroid dienone is 2. The Balaban J connectivity index is 3.86. The molecular weight excluding hydrogens is 133 g/mol. The van der Waals surface area contributed by atoms with E-state index in [0.29, 0.717) is 6.08 Å². The highest BCUT2D eigenvalue weighted by Gasteiger charge is 2.21. The van der Waals surface area contributed by atoms with Crippen LogP contribution in [0.15, 0.2) is 12.2 Å². The first-order chi connectivity index (χ1) is 3.92. The molecule has 0 aromatic carbocycles. The lowest BCUT2D eigenvalue weighted by Crippen LogP contribution is -2.01.